The quantitative estimate of drug-likeness (QED) is 0.152. The number of pyridine rings is 1. The van der Waals surface area contributed by atoms with Gasteiger partial charge in [-0.15, -0.1) is 0 Å². The number of hydrogen-bond acceptors (Lipinski definition) is 7. The molecule has 0 aliphatic carbocycles. The summed E-state index contributed by atoms with van der Waals surface area (Å²) in [6.45, 7) is 0.384. The van der Waals surface area contributed by atoms with E-state index in [-0.39, 0.29) is 32.0 Å². The third kappa shape index (κ3) is 9.39. The maximum absolute atomic E-state index is 13.5. The molecule has 0 saturated carbocycles. The Labute approximate surface area is 249 Å². The second-order valence-electron chi connectivity index (χ2n) is 9.79. The fourth-order valence-electron chi connectivity index (χ4n) is 4.42. The molecule has 4 aromatic rings. The Morgan fingerprint density at radius 1 is 0.907 bits per heavy atom. The van der Waals surface area contributed by atoms with Crippen LogP contribution < -0.4 is 16.0 Å². The number of carbonyl (C=O) groups is 4. The molecular weight excluding hydrogens is 548 g/mol. The van der Waals surface area contributed by atoms with Crippen molar-refractivity contribution in [2.24, 2.45) is 0 Å². The van der Waals surface area contributed by atoms with Crippen LogP contribution in [0.1, 0.15) is 40.7 Å². The highest BCUT2D eigenvalue weighted by Crippen LogP contribution is 2.19. The first-order valence-electron chi connectivity index (χ1n) is 14.0. The average Bonchev–Trinajstić information content (AvgIpc) is 3.04. The molecule has 1 atom stereocenters. The lowest BCUT2D eigenvalue weighted by Gasteiger charge is -2.20. The predicted molar refractivity (Wildman–Crippen MR) is 162 cm³/mol. The number of alkyl carbamates (subject to hydrolysis) is 1. The third-order valence-corrected chi connectivity index (χ3v) is 6.74. The van der Waals surface area contributed by atoms with Gasteiger partial charge in [-0.25, -0.2) is 4.79 Å². The van der Waals surface area contributed by atoms with Crippen molar-refractivity contribution in [1.82, 2.24) is 15.6 Å². The van der Waals surface area contributed by atoms with Crippen LogP contribution in [0.5, 0.6) is 0 Å². The number of nitrogens with zero attached hydrogens (tertiary/aromatic N) is 1. The van der Waals surface area contributed by atoms with Crippen LogP contribution in [0.2, 0.25) is 0 Å². The first-order chi connectivity index (χ1) is 20.9. The van der Waals surface area contributed by atoms with Gasteiger partial charge in [0.1, 0.15) is 12.6 Å². The number of ether oxygens (including phenoxy) is 2. The van der Waals surface area contributed by atoms with Gasteiger partial charge in [0.25, 0.3) is 5.91 Å². The van der Waals surface area contributed by atoms with E-state index < -0.39 is 23.9 Å². The molecule has 0 fully saturated rings. The number of fused-ring (bicyclic) bond motifs is 1. The Bertz CT molecular complexity index is 1560. The van der Waals surface area contributed by atoms with Crippen molar-refractivity contribution in [2.75, 3.05) is 19.0 Å². The molecule has 1 aromatic heterocycles. The van der Waals surface area contributed by atoms with Gasteiger partial charge in [0, 0.05) is 35.8 Å². The molecule has 222 valence electrons. The smallest absolute Gasteiger partial charge is 0.407 e. The van der Waals surface area contributed by atoms with Crippen molar-refractivity contribution >= 4 is 40.5 Å². The van der Waals surface area contributed by atoms with E-state index in [2.05, 4.69) is 20.9 Å². The molecule has 0 bridgehead atoms. The lowest BCUT2D eigenvalue weighted by molar-refractivity contribution is -0.140. The van der Waals surface area contributed by atoms with Gasteiger partial charge in [0.05, 0.1) is 12.6 Å². The topological polar surface area (TPSA) is 136 Å². The number of hydrogen-bond donors (Lipinski definition) is 3. The summed E-state index contributed by atoms with van der Waals surface area (Å²) in [6, 6.07) is 24.4. The van der Waals surface area contributed by atoms with Crippen molar-refractivity contribution < 1.29 is 28.7 Å². The number of anilines is 1. The molecule has 4 rings (SSSR count). The normalized spacial score (nSPS) is 11.3. The molecule has 0 radical (unpaired) electrons. The van der Waals surface area contributed by atoms with Gasteiger partial charge in [0.2, 0.25) is 5.91 Å². The summed E-state index contributed by atoms with van der Waals surface area (Å²) in [5, 5.41) is 9.23. The van der Waals surface area contributed by atoms with E-state index in [4.69, 9.17) is 9.47 Å². The Hall–Kier alpha value is -5.25. The Morgan fingerprint density at radius 3 is 2.51 bits per heavy atom. The number of aromatic nitrogens is 1. The van der Waals surface area contributed by atoms with Crippen LogP contribution in [0, 0.1) is 0 Å². The zero-order chi connectivity index (χ0) is 30.4. The second-order valence-corrected chi connectivity index (χ2v) is 9.79. The van der Waals surface area contributed by atoms with Gasteiger partial charge < -0.3 is 25.4 Å². The summed E-state index contributed by atoms with van der Waals surface area (Å²) in [4.78, 5) is 54.8. The third-order valence-electron chi connectivity index (χ3n) is 6.74. The summed E-state index contributed by atoms with van der Waals surface area (Å²) < 4.78 is 9.98. The van der Waals surface area contributed by atoms with Gasteiger partial charge in [-0.1, -0.05) is 54.6 Å². The van der Waals surface area contributed by atoms with Crippen molar-refractivity contribution in [3.05, 3.63) is 108 Å². The number of para-hydroxylation sites is 1. The van der Waals surface area contributed by atoms with Crippen LogP contribution in [-0.4, -0.2) is 48.6 Å². The number of nitrogens with one attached hydrogen (secondary N) is 3. The van der Waals surface area contributed by atoms with Gasteiger partial charge in [-0.3, -0.25) is 19.4 Å². The van der Waals surface area contributed by atoms with Crippen molar-refractivity contribution in [3.8, 4) is 0 Å². The lowest BCUT2D eigenvalue weighted by atomic mass is 10.1. The summed E-state index contributed by atoms with van der Waals surface area (Å²) in [6.07, 6.45) is 2.28. The molecular formula is C33H34N4O6. The van der Waals surface area contributed by atoms with Gasteiger partial charge in [-0.2, -0.15) is 0 Å². The maximum atomic E-state index is 13.5. The zero-order valence-electron chi connectivity index (χ0n) is 23.9. The van der Waals surface area contributed by atoms with Crippen molar-refractivity contribution in [1.29, 1.82) is 0 Å². The van der Waals surface area contributed by atoms with Crippen LogP contribution in [0.4, 0.5) is 10.5 Å². The minimum atomic E-state index is -0.909. The van der Waals surface area contributed by atoms with Crippen LogP contribution in [0.25, 0.3) is 10.9 Å². The minimum absolute atomic E-state index is 0.143. The maximum Gasteiger partial charge on any atom is 0.407 e. The SMILES string of the molecule is COC(=O)CCc1ccccc1NC(=O)[C@H](CCCNC(=O)OCc1ccccc1)NC(=O)c1ccc2ncccc2c1. The van der Waals surface area contributed by atoms with Gasteiger partial charge in [-0.05, 0) is 60.7 Å². The van der Waals surface area contributed by atoms with Crippen LogP contribution >= 0.6 is 0 Å². The number of rotatable bonds is 13. The number of benzene rings is 3. The molecule has 0 spiro atoms. The summed E-state index contributed by atoms with van der Waals surface area (Å²) in [5.41, 5.74) is 3.31. The molecule has 3 N–H and O–H groups in total. The highest BCUT2D eigenvalue weighted by molar-refractivity contribution is 6.02. The average molecular weight is 583 g/mol. The van der Waals surface area contributed by atoms with E-state index in [9.17, 15) is 19.2 Å². The first kappa shape index (κ1) is 30.7. The van der Waals surface area contributed by atoms with Gasteiger partial charge in [0.15, 0.2) is 0 Å². The van der Waals surface area contributed by atoms with E-state index in [1.807, 2.05) is 48.5 Å². The Kier molecular flexibility index (Phi) is 11.2. The van der Waals surface area contributed by atoms with E-state index in [1.54, 1.807) is 42.6 Å². The van der Waals surface area contributed by atoms with E-state index in [0.717, 1.165) is 22.0 Å². The lowest BCUT2D eigenvalue weighted by Crippen LogP contribution is -2.44. The van der Waals surface area contributed by atoms with Crippen LogP contribution in [-0.2, 0) is 32.1 Å². The highest BCUT2D eigenvalue weighted by atomic mass is 16.5. The number of aryl methyl sites for hydroxylation is 1. The van der Waals surface area contributed by atoms with Crippen molar-refractivity contribution in [3.63, 3.8) is 0 Å². The number of amides is 3. The Morgan fingerprint density at radius 2 is 1.70 bits per heavy atom. The largest absolute Gasteiger partial charge is 0.469 e. The number of carbonyl (C=O) groups excluding carboxylic acids is 4. The molecule has 1 heterocycles. The minimum Gasteiger partial charge on any atom is -0.469 e. The second kappa shape index (κ2) is 15.7. The van der Waals surface area contributed by atoms with Crippen LogP contribution in [0.3, 0.4) is 0 Å². The van der Waals surface area contributed by atoms with E-state index in [0.29, 0.717) is 24.1 Å². The van der Waals surface area contributed by atoms with E-state index in [1.165, 1.54) is 7.11 Å². The number of esters is 1. The molecule has 10 nitrogen and oxygen atoms in total. The fraction of sp³-hybridized carbons (Fsp3) is 0.242. The highest BCUT2D eigenvalue weighted by Gasteiger charge is 2.23. The molecule has 43 heavy (non-hydrogen) atoms. The fourth-order valence-corrected chi connectivity index (χ4v) is 4.42. The van der Waals surface area contributed by atoms with Crippen LogP contribution in [0.15, 0.2) is 91.1 Å². The number of methoxy groups -OCH3 is 1. The summed E-state index contributed by atoms with van der Waals surface area (Å²) >= 11 is 0. The summed E-state index contributed by atoms with van der Waals surface area (Å²) in [5.74, 6) is -1.19. The molecule has 10 heteroatoms. The molecule has 0 aliphatic rings. The monoisotopic (exact) mass is 582 g/mol. The van der Waals surface area contributed by atoms with Crippen molar-refractivity contribution in [2.45, 2.75) is 38.3 Å². The van der Waals surface area contributed by atoms with E-state index >= 15 is 0 Å². The molecule has 3 aromatic carbocycles. The van der Waals surface area contributed by atoms with Gasteiger partial charge >= 0.3 is 12.1 Å². The Balaban J connectivity index is 1.40. The summed E-state index contributed by atoms with van der Waals surface area (Å²) in [7, 11) is 1.33. The standard InChI is InChI=1S/C33H34N4O6/c1-42-30(38)18-16-24-11-5-6-13-28(24)36-32(40)29(14-8-20-35-33(41)43-22-23-9-3-2-4-10-23)37-31(39)26-15-17-27-25(21-26)12-7-19-34-27/h2-7,9-13,15,17,19,21,29H,8,14,16,18,20,22H2,1H3,(H,35,41)(H,36,40)(H,37,39)/t29-/m0/s1. The predicted octanol–water partition coefficient (Wildman–Crippen LogP) is 4.78. The molecule has 3 amide bonds. The molecule has 0 aliphatic heterocycles. The molecule has 0 saturated heterocycles. The zero-order valence-corrected chi connectivity index (χ0v) is 23.9. The first-order valence-corrected chi connectivity index (χ1v) is 14.0. The molecule has 0 unspecified atom stereocenters.